The van der Waals surface area contributed by atoms with Crippen LogP contribution in [0, 0.1) is 12.3 Å². The molecule has 0 aromatic carbocycles. The summed E-state index contributed by atoms with van der Waals surface area (Å²) < 4.78 is 0. The molecule has 1 aromatic rings. The Hall–Kier alpha value is -0.570. The second kappa shape index (κ2) is 3.29. The third-order valence-corrected chi connectivity index (χ3v) is 3.86. The van der Waals surface area contributed by atoms with Crippen molar-refractivity contribution in [2.24, 2.45) is 5.41 Å². The minimum Gasteiger partial charge on any atom is -0.361 e. The van der Waals surface area contributed by atoms with Crippen LogP contribution in [0.15, 0.2) is 5.38 Å². The van der Waals surface area contributed by atoms with Gasteiger partial charge in [-0.2, -0.15) is 0 Å². The lowest BCUT2D eigenvalue weighted by Gasteiger charge is -2.11. The fourth-order valence-corrected chi connectivity index (χ4v) is 2.22. The number of rotatable bonds is 4. The van der Waals surface area contributed by atoms with Crippen molar-refractivity contribution in [3.8, 4) is 0 Å². The fraction of sp³-hybridized carbons (Fsp3) is 0.700. The van der Waals surface area contributed by atoms with Gasteiger partial charge in [0.1, 0.15) is 0 Å². The summed E-state index contributed by atoms with van der Waals surface area (Å²) in [5.41, 5.74) is 1.73. The molecule has 1 heterocycles. The molecule has 1 N–H and O–H groups in total. The van der Waals surface area contributed by atoms with Gasteiger partial charge in [0.05, 0.1) is 5.69 Å². The van der Waals surface area contributed by atoms with Crippen molar-refractivity contribution in [2.75, 3.05) is 11.9 Å². The highest BCUT2D eigenvalue weighted by Crippen LogP contribution is 2.48. The molecule has 1 aliphatic rings. The average molecular weight is 196 g/mol. The van der Waals surface area contributed by atoms with E-state index in [4.69, 9.17) is 0 Å². The molecule has 1 aliphatic carbocycles. The van der Waals surface area contributed by atoms with Crippen LogP contribution in [0.25, 0.3) is 0 Å². The number of aryl methyl sites for hydroxylation is 1. The molecule has 0 radical (unpaired) electrons. The summed E-state index contributed by atoms with van der Waals surface area (Å²) in [6.45, 7) is 5.42. The number of hydrogen-bond donors (Lipinski definition) is 1. The molecule has 0 atom stereocenters. The number of anilines is 1. The molecule has 2 rings (SSSR count). The van der Waals surface area contributed by atoms with Crippen LogP contribution in [0.1, 0.15) is 31.9 Å². The maximum absolute atomic E-state index is 4.38. The molecule has 3 heteroatoms. The van der Waals surface area contributed by atoms with Gasteiger partial charge in [-0.3, -0.25) is 0 Å². The van der Waals surface area contributed by atoms with E-state index in [0.717, 1.165) is 17.4 Å². The monoisotopic (exact) mass is 196 g/mol. The van der Waals surface area contributed by atoms with Crippen LogP contribution in [0.5, 0.6) is 0 Å². The van der Waals surface area contributed by atoms with E-state index in [0.29, 0.717) is 5.41 Å². The first kappa shape index (κ1) is 9.00. The maximum Gasteiger partial charge on any atom is 0.182 e. The Morgan fingerprint density at radius 2 is 2.38 bits per heavy atom. The van der Waals surface area contributed by atoms with Crippen molar-refractivity contribution in [2.45, 2.75) is 33.1 Å². The van der Waals surface area contributed by atoms with Crippen LogP contribution in [0.4, 0.5) is 5.13 Å². The van der Waals surface area contributed by atoms with E-state index < -0.39 is 0 Å². The third kappa shape index (κ3) is 2.02. The normalized spacial score (nSPS) is 18.6. The zero-order chi connectivity index (χ0) is 9.31. The van der Waals surface area contributed by atoms with Crippen molar-refractivity contribution in [1.82, 2.24) is 4.98 Å². The van der Waals surface area contributed by atoms with Crippen LogP contribution >= 0.6 is 11.3 Å². The Bertz CT molecular complexity index is 289. The Kier molecular flexibility index (Phi) is 2.28. The van der Waals surface area contributed by atoms with Crippen molar-refractivity contribution in [3.05, 3.63) is 11.1 Å². The topological polar surface area (TPSA) is 24.9 Å². The third-order valence-electron chi connectivity index (χ3n) is 2.94. The van der Waals surface area contributed by atoms with E-state index in [1.54, 1.807) is 11.3 Å². The van der Waals surface area contributed by atoms with Crippen LogP contribution in [0.3, 0.4) is 0 Å². The molecule has 2 nitrogen and oxygen atoms in total. The fourth-order valence-electron chi connectivity index (χ4n) is 1.53. The highest BCUT2D eigenvalue weighted by molar-refractivity contribution is 7.13. The Balaban J connectivity index is 1.86. The van der Waals surface area contributed by atoms with Crippen molar-refractivity contribution in [1.29, 1.82) is 0 Å². The van der Waals surface area contributed by atoms with Gasteiger partial charge in [0.15, 0.2) is 5.13 Å². The predicted octanol–water partition coefficient (Wildman–Crippen LogP) is 3.05. The zero-order valence-corrected chi connectivity index (χ0v) is 9.08. The van der Waals surface area contributed by atoms with Gasteiger partial charge in [0.25, 0.3) is 0 Å². The lowest BCUT2D eigenvalue weighted by Crippen LogP contribution is -2.14. The summed E-state index contributed by atoms with van der Waals surface area (Å²) in [6, 6.07) is 0. The predicted molar refractivity (Wildman–Crippen MR) is 57.3 cm³/mol. The average Bonchev–Trinajstić information content (AvgIpc) is 2.81. The molecule has 1 aromatic heterocycles. The van der Waals surface area contributed by atoms with Gasteiger partial charge in [-0.05, 0) is 31.6 Å². The quantitative estimate of drug-likeness (QED) is 0.800. The molecule has 0 unspecified atom stereocenters. The van der Waals surface area contributed by atoms with Crippen molar-refractivity contribution >= 4 is 16.5 Å². The van der Waals surface area contributed by atoms with Gasteiger partial charge in [-0.15, -0.1) is 11.3 Å². The minimum atomic E-state index is 0.611. The number of hydrogen-bond acceptors (Lipinski definition) is 3. The second-order valence-corrected chi connectivity index (χ2v) is 4.86. The van der Waals surface area contributed by atoms with Gasteiger partial charge in [0, 0.05) is 11.9 Å². The largest absolute Gasteiger partial charge is 0.361 e. The molecule has 13 heavy (non-hydrogen) atoms. The SMILES string of the molecule is CCC1(CNc2nc(C)cs2)CC1. The molecule has 0 saturated heterocycles. The van der Waals surface area contributed by atoms with Crippen molar-refractivity contribution < 1.29 is 0 Å². The summed E-state index contributed by atoms with van der Waals surface area (Å²) in [5, 5.41) is 6.60. The Labute approximate surface area is 83.4 Å². The number of thiazole rings is 1. The van der Waals surface area contributed by atoms with Crippen LogP contribution in [-0.2, 0) is 0 Å². The highest BCUT2D eigenvalue weighted by atomic mass is 32.1. The minimum absolute atomic E-state index is 0.611. The first-order valence-electron chi connectivity index (χ1n) is 4.90. The van der Waals surface area contributed by atoms with Gasteiger partial charge in [0.2, 0.25) is 0 Å². The Morgan fingerprint density at radius 1 is 1.62 bits per heavy atom. The molecule has 0 aliphatic heterocycles. The van der Waals surface area contributed by atoms with Gasteiger partial charge in [-0.1, -0.05) is 6.92 Å². The molecular formula is C10H16N2S. The standard InChI is InChI=1S/C10H16N2S/c1-3-10(4-5-10)7-11-9-12-8(2)6-13-9/h6H,3-5,7H2,1-2H3,(H,11,12). The lowest BCUT2D eigenvalue weighted by atomic mass is 10.0. The van der Waals surface area contributed by atoms with Gasteiger partial charge >= 0.3 is 0 Å². The number of nitrogens with zero attached hydrogens (tertiary/aromatic N) is 1. The smallest absolute Gasteiger partial charge is 0.182 e. The first-order valence-corrected chi connectivity index (χ1v) is 5.78. The molecule has 0 bridgehead atoms. The van der Waals surface area contributed by atoms with Gasteiger partial charge in [-0.25, -0.2) is 4.98 Å². The molecule has 1 fully saturated rings. The van der Waals surface area contributed by atoms with E-state index in [2.05, 4.69) is 22.6 Å². The Morgan fingerprint density at radius 3 is 2.85 bits per heavy atom. The second-order valence-electron chi connectivity index (χ2n) is 4.00. The van der Waals surface area contributed by atoms with Crippen molar-refractivity contribution in [3.63, 3.8) is 0 Å². The molecule has 0 amide bonds. The van der Waals surface area contributed by atoms with Crippen LogP contribution in [-0.4, -0.2) is 11.5 Å². The number of nitrogens with one attached hydrogen (secondary N) is 1. The summed E-state index contributed by atoms with van der Waals surface area (Å²) >= 11 is 1.71. The molecule has 1 saturated carbocycles. The van der Waals surface area contributed by atoms with E-state index in [1.807, 2.05) is 6.92 Å². The van der Waals surface area contributed by atoms with Crippen LogP contribution in [0.2, 0.25) is 0 Å². The van der Waals surface area contributed by atoms with Gasteiger partial charge < -0.3 is 5.32 Å². The summed E-state index contributed by atoms with van der Waals surface area (Å²) in [7, 11) is 0. The molecular weight excluding hydrogens is 180 g/mol. The van der Waals surface area contributed by atoms with E-state index in [-0.39, 0.29) is 0 Å². The van der Waals surface area contributed by atoms with E-state index in [1.165, 1.54) is 19.3 Å². The van der Waals surface area contributed by atoms with E-state index >= 15 is 0 Å². The lowest BCUT2D eigenvalue weighted by molar-refractivity contribution is 0.521. The number of aromatic nitrogens is 1. The van der Waals surface area contributed by atoms with E-state index in [9.17, 15) is 0 Å². The first-order chi connectivity index (χ1) is 6.24. The summed E-state index contributed by atoms with van der Waals surface area (Å²) in [5.74, 6) is 0. The molecule has 0 spiro atoms. The highest BCUT2D eigenvalue weighted by Gasteiger charge is 2.40. The summed E-state index contributed by atoms with van der Waals surface area (Å²) in [4.78, 5) is 4.38. The molecule has 72 valence electrons. The zero-order valence-electron chi connectivity index (χ0n) is 8.26. The maximum atomic E-state index is 4.38. The van der Waals surface area contributed by atoms with Crippen LogP contribution < -0.4 is 5.32 Å². The summed E-state index contributed by atoms with van der Waals surface area (Å²) in [6.07, 6.45) is 4.08.